The number of rotatable bonds is 4. The fourth-order valence-electron chi connectivity index (χ4n) is 1.18. The predicted molar refractivity (Wildman–Crippen MR) is 62.6 cm³/mol. The normalized spacial score (nSPS) is 11.9. The lowest BCUT2D eigenvalue weighted by molar-refractivity contribution is 0.0336. The van der Waals surface area contributed by atoms with Crippen molar-refractivity contribution in [3.05, 3.63) is 23.8 Å². The monoisotopic (exact) mass is 223 g/mol. The number of nitrogen functional groups attached to an aromatic ring is 1. The minimum Gasteiger partial charge on any atom is -0.497 e. The van der Waals surface area contributed by atoms with E-state index in [1.807, 2.05) is 13.8 Å². The number of nitrogens with two attached hydrogens (primary N) is 1. The van der Waals surface area contributed by atoms with Crippen molar-refractivity contribution in [1.82, 2.24) is 0 Å². The van der Waals surface area contributed by atoms with E-state index in [0.717, 1.165) is 6.42 Å². The van der Waals surface area contributed by atoms with Crippen molar-refractivity contribution < 1.29 is 14.3 Å². The Morgan fingerprint density at radius 3 is 2.69 bits per heavy atom. The Morgan fingerprint density at radius 1 is 1.50 bits per heavy atom. The number of hydrogen-bond donors (Lipinski definition) is 1. The van der Waals surface area contributed by atoms with Crippen LogP contribution >= 0.6 is 0 Å². The Morgan fingerprint density at radius 2 is 2.19 bits per heavy atom. The molecule has 1 atom stereocenters. The minimum atomic E-state index is -0.394. The average Bonchev–Trinajstić information content (AvgIpc) is 2.28. The topological polar surface area (TPSA) is 61.5 Å². The van der Waals surface area contributed by atoms with Crippen molar-refractivity contribution in [2.45, 2.75) is 26.4 Å². The molecule has 0 amide bonds. The molecule has 0 aliphatic carbocycles. The molecule has 0 aliphatic rings. The molecular formula is C12H17NO3. The Bertz CT molecular complexity index is 377. The zero-order valence-corrected chi connectivity index (χ0v) is 9.82. The molecule has 0 aromatic heterocycles. The molecule has 0 aliphatic heterocycles. The van der Waals surface area contributed by atoms with Gasteiger partial charge in [0.05, 0.1) is 18.8 Å². The number of hydrogen-bond acceptors (Lipinski definition) is 4. The van der Waals surface area contributed by atoms with Crippen molar-refractivity contribution in [2.24, 2.45) is 0 Å². The third kappa shape index (κ3) is 2.89. The molecule has 1 aromatic rings. The van der Waals surface area contributed by atoms with Crippen LogP contribution in [0.3, 0.4) is 0 Å². The maximum atomic E-state index is 11.7. The Hall–Kier alpha value is -1.71. The molecule has 4 nitrogen and oxygen atoms in total. The summed E-state index contributed by atoms with van der Waals surface area (Å²) in [6.45, 7) is 3.80. The number of anilines is 1. The highest BCUT2D eigenvalue weighted by atomic mass is 16.5. The van der Waals surface area contributed by atoms with Crippen LogP contribution in [0, 0.1) is 0 Å². The van der Waals surface area contributed by atoms with Crippen molar-refractivity contribution in [3.8, 4) is 5.75 Å². The molecule has 0 spiro atoms. The standard InChI is InChI=1S/C12H17NO3/c1-4-8(2)16-12(14)10-6-5-9(15-3)7-11(10)13/h5-8H,4,13H2,1-3H3. The summed E-state index contributed by atoms with van der Waals surface area (Å²) >= 11 is 0. The molecule has 0 saturated carbocycles. The van der Waals surface area contributed by atoms with Gasteiger partial charge in [-0.2, -0.15) is 0 Å². The number of carbonyl (C=O) groups excluding carboxylic acids is 1. The van der Waals surface area contributed by atoms with Gasteiger partial charge in [-0.1, -0.05) is 6.92 Å². The summed E-state index contributed by atoms with van der Waals surface area (Å²) in [6, 6.07) is 4.90. The van der Waals surface area contributed by atoms with Gasteiger partial charge in [-0.15, -0.1) is 0 Å². The lowest BCUT2D eigenvalue weighted by Gasteiger charge is -2.12. The first-order chi connectivity index (χ1) is 7.58. The third-order valence-electron chi connectivity index (χ3n) is 2.36. The minimum absolute atomic E-state index is 0.103. The number of benzene rings is 1. The molecule has 0 fully saturated rings. The second-order valence-corrected chi connectivity index (χ2v) is 3.58. The lowest BCUT2D eigenvalue weighted by Crippen LogP contribution is -2.15. The van der Waals surface area contributed by atoms with Gasteiger partial charge < -0.3 is 15.2 Å². The maximum Gasteiger partial charge on any atom is 0.340 e. The molecule has 88 valence electrons. The summed E-state index contributed by atoms with van der Waals surface area (Å²) in [5, 5.41) is 0. The van der Waals surface area contributed by atoms with E-state index in [1.54, 1.807) is 25.3 Å². The molecule has 4 heteroatoms. The molecular weight excluding hydrogens is 206 g/mol. The fraction of sp³-hybridized carbons (Fsp3) is 0.417. The molecule has 0 saturated heterocycles. The number of esters is 1. The lowest BCUT2D eigenvalue weighted by atomic mass is 10.1. The van der Waals surface area contributed by atoms with Crippen LogP contribution in [0.5, 0.6) is 5.75 Å². The first kappa shape index (κ1) is 12.4. The Labute approximate surface area is 95.3 Å². The highest BCUT2D eigenvalue weighted by molar-refractivity contribution is 5.95. The van der Waals surface area contributed by atoms with Crippen molar-refractivity contribution in [2.75, 3.05) is 12.8 Å². The van der Waals surface area contributed by atoms with Crippen LogP contribution in [0.25, 0.3) is 0 Å². The van der Waals surface area contributed by atoms with Gasteiger partial charge in [-0.3, -0.25) is 0 Å². The van der Waals surface area contributed by atoms with Gasteiger partial charge >= 0.3 is 5.97 Å². The van der Waals surface area contributed by atoms with Crippen LogP contribution in [0.15, 0.2) is 18.2 Å². The predicted octanol–water partition coefficient (Wildman–Crippen LogP) is 2.23. The summed E-state index contributed by atoms with van der Waals surface area (Å²) in [7, 11) is 1.55. The number of methoxy groups -OCH3 is 1. The van der Waals surface area contributed by atoms with Crippen molar-refractivity contribution in [3.63, 3.8) is 0 Å². The number of ether oxygens (including phenoxy) is 2. The van der Waals surface area contributed by atoms with Crippen LogP contribution in [0.4, 0.5) is 5.69 Å². The zero-order chi connectivity index (χ0) is 12.1. The molecule has 16 heavy (non-hydrogen) atoms. The first-order valence-corrected chi connectivity index (χ1v) is 5.23. The van der Waals surface area contributed by atoms with E-state index in [2.05, 4.69) is 0 Å². The Balaban J connectivity index is 2.84. The van der Waals surface area contributed by atoms with E-state index >= 15 is 0 Å². The van der Waals surface area contributed by atoms with E-state index in [-0.39, 0.29) is 6.10 Å². The van der Waals surface area contributed by atoms with Crippen molar-refractivity contribution in [1.29, 1.82) is 0 Å². The highest BCUT2D eigenvalue weighted by Crippen LogP contribution is 2.20. The maximum absolute atomic E-state index is 11.7. The van der Waals surface area contributed by atoms with E-state index < -0.39 is 5.97 Å². The van der Waals surface area contributed by atoms with Gasteiger partial charge in [-0.05, 0) is 25.5 Å². The third-order valence-corrected chi connectivity index (χ3v) is 2.36. The van der Waals surface area contributed by atoms with E-state index in [4.69, 9.17) is 15.2 Å². The average molecular weight is 223 g/mol. The summed E-state index contributed by atoms with van der Waals surface area (Å²) in [5.74, 6) is 0.229. The number of carbonyl (C=O) groups is 1. The van der Waals surface area contributed by atoms with Gasteiger partial charge in [0.15, 0.2) is 0 Å². The molecule has 0 heterocycles. The van der Waals surface area contributed by atoms with E-state index in [0.29, 0.717) is 17.0 Å². The molecule has 2 N–H and O–H groups in total. The van der Waals surface area contributed by atoms with Crippen LogP contribution < -0.4 is 10.5 Å². The van der Waals surface area contributed by atoms with E-state index in [1.165, 1.54) is 0 Å². The Kier molecular flexibility index (Phi) is 4.17. The van der Waals surface area contributed by atoms with Gasteiger partial charge in [0, 0.05) is 11.8 Å². The van der Waals surface area contributed by atoms with Gasteiger partial charge in [0.1, 0.15) is 5.75 Å². The van der Waals surface area contributed by atoms with E-state index in [9.17, 15) is 4.79 Å². The quantitative estimate of drug-likeness (QED) is 0.628. The molecule has 1 rings (SSSR count). The molecule has 1 aromatic carbocycles. The van der Waals surface area contributed by atoms with Crippen LogP contribution in [-0.2, 0) is 4.74 Å². The van der Waals surface area contributed by atoms with Crippen molar-refractivity contribution >= 4 is 11.7 Å². The smallest absolute Gasteiger partial charge is 0.340 e. The SMILES string of the molecule is CCC(C)OC(=O)c1ccc(OC)cc1N. The fourth-order valence-corrected chi connectivity index (χ4v) is 1.18. The molecule has 0 radical (unpaired) electrons. The zero-order valence-electron chi connectivity index (χ0n) is 9.82. The summed E-state index contributed by atoms with van der Waals surface area (Å²) in [4.78, 5) is 11.7. The second-order valence-electron chi connectivity index (χ2n) is 3.58. The highest BCUT2D eigenvalue weighted by Gasteiger charge is 2.14. The van der Waals surface area contributed by atoms with Crippen LogP contribution in [-0.4, -0.2) is 19.2 Å². The summed E-state index contributed by atoms with van der Waals surface area (Å²) in [6.07, 6.45) is 0.677. The molecule has 0 bridgehead atoms. The van der Waals surface area contributed by atoms with Gasteiger partial charge in [0.25, 0.3) is 0 Å². The van der Waals surface area contributed by atoms with Gasteiger partial charge in [0.2, 0.25) is 0 Å². The first-order valence-electron chi connectivity index (χ1n) is 5.23. The summed E-state index contributed by atoms with van der Waals surface area (Å²) < 4.78 is 10.2. The van der Waals surface area contributed by atoms with Crippen LogP contribution in [0.2, 0.25) is 0 Å². The second kappa shape index (κ2) is 5.39. The summed E-state index contributed by atoms with van der Waals surface area (Å²) in [5.41, 5.74) is 6.48. The largest absolute Gasteiger partial charge is 0.497 e. The molecule has 1 unspecified atom stereocenters. The van der Waals surface area contributed by atoms with Crippen LogP contribution in [0.1, 0.15) is 30.6 Å². The van der Waals surface area contributed by atoms with Gasteiger partial charge in [-0.25, -0.2) is 4.79 Å².